The highest BCUT2D eigenvalue weighted by molar-refractivity contribution is 5.94. The summed E-state index contributed by atoms with van der Waals surface area (Å²) in [5, 5.41) is 0. The molecule has 2 amide bonds. The van der Waals surface area contributed by atoms with Crippen molar-refractivity contribution in [3.8, 4) is 5.75 Å². The number of methoxy groups -OCH3 is 1. The first-order chi connectivity index (χ1) is 14.0. The Balaban J connectivity index is 1.48. The predicted octanol–water partition coefficient (Wildman–Crippen LogP) is 2.34. The molecule has 7 heteroatoms. The summed E-state index contributed by atoms with van der Waals surface area (Å²) in [6.45, 7) is 7.08. The Morgan fingerprint density at radius 2 is 1.66 bits per heavy atom. The Labute approximate surface area is 172 Å². The molecule has 2 atom stereocenters. The molecule has 2 aliphatic rings. The summed E-state index contributed by atoms with van der Waals surface area (Å²) in [5.74, 6) is 0.927. The number of nitrogens with zero attached hydrogens (tertiary/aromatic N) is 2. The van der Waals surface area contributed by atoms with E-state index in [9.17, 15) is 9.59 Å². The SMILES string of the molecule is COCCC(=O)N1CCC(Oc2ccc(C(=O)N3C[C@@H](C)O[C@@H](C)C3)cc2)CC1. The molecule has 3 rings (SSSR count). The second-order valence-corrected chi connectivity index (χ2v) is 7.93. The van der Waals surface area contributed by atoms with Crippen molar-refractivity contribution in [2.24, 2.45) is 0 Å². The van der Waals surface area contributed by atoms with Gasteiger partial charge < -0.3 is 24.0 Å². The highest BCUT2D eigenvalue weighted by Crippen LogP contribution is 2.21. The molecule has 2 saturated heterocycles. The van der Waals surface area contributed by atoms with E-state index in [0.29, 0.717) is 44.8 Å². The Kier molecular flexibility index (Phi) is 7.50. The molecule has 29 heavy (non-hydrogen) atoms. The van der Waals surface area contributed by atoms with Crippen LogP contribution >= 0.6 is 0 Å². The van der Waals surface area contributed by atoms with Gasteiger partial charge in [-0.15, -0.1) is 0 Å². The van der Waals surface area contributed by atoms with Crippen LogP contribution in [0.3, 0.4) is 0 Å². The van der Waals surface area contributed by atoms with E-state index in [1.165, 1.54) is 0 Å². The van der Waals surface area contributed by atoms with Crippen LogP contribution in [0.5, 0.6) is 5.75 Å². The second-order valence-electron chi connectivity index (χ2n) is 7.93. The van der Waals surface area contributed by atoms with Gasteiger partial charge in [-0.3, -0.25) is 9.59 Å². The lowest BCUT2D eigenvalue weighted by Crippen LogP contribution is -2.48. The number of benzene rings is 1. The molecular formula is C22H32N2O5. The topological polar surface area (TPSA) is 68.3 Å². The maximum absolute atomic E-state index is 12.8. The van der Waals surface area contributed by atoms with Crippen LogP contribution in [0.25, 0.3) is 0 Å². The van der Waals surface area contributed by atoms with Gasteiger partial charge in [0.15, 0.2) is 0 Å². The normalized spacial score (nSPS) is 23.1. The fourth-order valence-corrected chi connectivity index (χ4v) is 3.97. The molecule has 0 saturated carbocycles. The van der Waals surface area contributed by atoms with Crippen LogP contribution in [0.4, 0.5) is 0 Å². The Morgan fingerprint density at radius 1 is 1.03 bits per heavy atom. The molecule has 2 aliphatic heterocycles. The number of amides is 2. The van der Waals surface area contributed by atoms with Crippen LogP contribution in [0.2, 0.25) is 0 Å². The van der Waals surface area contributed by atoms with Gasteiger partial charge in [-0.1, -0.05) is 0 Å². The minimum Gasteiger partial charge on any atom is -0.490 e. The predicted molar refractivity (Wildman–Crippen MR) is 109 cm³/mol. The number of carbonyl (C=O) groups is 2. The molecule has 0 aromatic heterocycles. The van der Waals surface area contributed by atoms with Crippen LogP contribution < -0.4 is 4.74 Å². The Hall–Kier alpha value is -2.12. The molecular weight excluding hydrogens is 372 g/mol. The summed E-state index contributed by atoms with van der Waals surface area (Å²) in [6.07, 6.45) is 2.24. The molecule has 1 aromatic carbocycles. The lowest BCUT2D eigenvalue weighted by atomic mass is 10.1. The molecule has 160 valence electrons. The van der Waals surface area contributed by atoms with Crippen molar-refractivity contribution >= 4 is 11.8 Å². The number of hydrogen-bond acceptors (Lipinski definition) is 5. The van der Waals surface area contributed by atoms with Gasteiger partial charge in [-0.05, 0) is 38.1 Å². The van der Waals surface area contributed by atoms with Crippen LogP contribution in [-0.4, -0.2) is 79.8 Å². The van der Waals surface area contributed by atoms with Crippen molar-refractivity contribution < 1.29 is 23.8 Å². The zero-order valence-electron chi connectivity index (χ0n) is 17.6. The van der Waals surface area contributed by atoms with Crippen LogP contribution in [0, 0.1) is 0 Å². The number of likely N-dealkylation sites (tertiary alicyclic amines) is 1. The van der Waals surface area contributed by atoms with Crippen molar-refractivity contribution in [1.82, 2.24) is 9.80 Å². The minimum atomic E-state index is 0.0291. The van der Waals surface area contributed by atoms with E-state index in [4.69, 9.17) is 14.2 Å². The van der Waals surface area contributed by atoms with E-state index in [0.717, 1.165) is 18.6 Å². The lowest BCUT2D eigenvalue weighted by molar-refractivity contribution is -0.133. The third-order valence-electron chi connectivity index (χ3n) is 5.43. The van der Waals surface area contributed by atoms with Gasteiger partial charge >= 0.3 is 0 Å². The Morgan fingerprint density at radius 3 is 2.24 bits per heavy atom. The van der Waals surface area contributed by atoms with E-state index in [1.807, 2.05) is 47.9 Å². The van der Waals surface area contributed by atoms with Gasteiger partial charge in [0.1, 0.15) is 11.9 Å². The number of carbonyl (C=O) groups excluding carboxylic acids is 2. The van der Waals surface area contributed by atoms with Gasteiger partial charge in [0, 0.05) is 51.7 Å². The molecule has 0 N–H and O–H groups in total. The molecule has 0 aliphatic carbocycles. The second kappa shape index (κ2) is 10.1. The zero-order chi connectivity index (χ0) is 20.8. The van der Waals surface area contributed by atoms with Crippen molar-refractivity contribution in [3.05, 3.63) is 29.8 Å². The fraction of sp³-hybridized carbons (Fsp3) is 0.636. The van der Waals surface area contributed by atoms with E-state index < -0.39 is 0 Å². The van der Waals surface area contributed by atoms with E-state index in [2.05, 4.69) is 0 Å². The minimum absolute atomic E-state index is 0.0291. The molecule has 7 nitrogen and oxygen atoms in total. The van der Waals surface area contributed by atoms with Gasteiger partial charge in [-0.25, -0.2) is 0 Å². The highest BCUT2D eigenvalue weighted by Gasteiger charge is 2.27. The molecule has 0 bridgehead atoms. The standard InChI is InChI=1S/C22H32N2O5/c1-16-14-24(15-17(2)28-16)22(26)18-4-6-19(7-5-18)29-20-8-11-23(12-9-20)21(25)10-13-27-3/h4-7,16-17,20H,8-15H2,1-3H3/t16-,17+. The average Bonchev–Trinajstić information content (AvgIpc) is 2.72. The van der Waals surface area contributed by atoms with E-state index >= 15 is 0 Å². The summed E-state index contributed by atoms with van der Waals surface area (Å²) in [4.78, 5) is 28.5. The van der Waals surface area contributed by atoms with Gasteiger partial charge in [-0.2, -0.15) is 0 Å². The molecule has 2 heterocycles. The van der Waals surface area contributed by atoms with Crippen LogP contribution in [0.15, 0.2) is 24.3 Å². The van der Waals surface area contributed by atoms with Crippen LogP contribution in [-0.2, 0) is 14.3 Å². The summed E-state index contributed by atoms with van der Waals surface area (Å²) in [7, 11) is 1.61. The number of hydrogen-bond donors (Lipinski definition) is 0. The zero-order valence-corrected chi connectivity index (χ0v) is 17.6. The first kappa shape index (κ1) is 21.6. The van der Waals surface area contributed by atoms with Crippen LogP contribution in [0.1, 0.15) is 43.5 Å². The Bertz CT molecular complexity index is 675. The average molecular weight is 405 g/mol. The molecule has 1 aromatic rings. The maximum atomic E-state index is 12.8. The van der Waals surface area contributed by atoms with Crippen molar-refractivity contribution in [2.45, 2.75) is 51.4 Å². The monoisotopic (exact) mass is 404 g/mol. The number of ether oxygens (including phenoxy) is 3. The molecule has 2 fully saturated rings. The molecule has 0 unspecified atom stereocenters. The first-order valence-electron chi connectivity index (χ1n) is 10.4. The summed E-state index contributed by atoms with van der Waals surface area (Å²) >= 11 is 0. The van der Waals surface area contributed by atoms with E-state index in [-0.39, 0.29) is 30.1 Å². The third kappa shape index (κ3) is 5.93. The summed E-state index contributed by atoms with van der Waals surface area (Å²) in [5.41, 5.74) is 0.664. The number of morpholine rings is 1. The number of piperidine rings is 1. The fourth-order valence-electron chi connectivity index (χ4n) is 3.97. The van der Waals surface area contributed by atoms with Gasteiger partial charge in [0.2, 0.25) is 5.91 Å². The smallest absolute Gasteiger partial charge is 0.254 e. The first-order valence-corrected chi connectivity index (χ1v) is 10.4. The van der Waals surface area contributed by atoms with Crippen molar-refractivity contribution in [2.75, 3.05) is 39.9 Å². The van der Waals surface area contributed by atoms with E-state index in [1.54, 1.807) is 7.11 Å². The quantitative estimate of drug-likeness (QED) is 0.728. The van der Waals surface area contributed by atoms with Crippen molar-refractivity contribution in [1.29, 1.82) is 0 Å². The van der Waals surface area contributed by atoms with Gasteiger partial charge in [0.05, 0.1) is 25.2 Å². The van der Waals surface area contributed by atoms with Crippen molar-refractivity contribution in [3.63, 3.8) is 0 Å². The maximum Gasteiger partial charge on any atom is 0.254 e. The number of rotatable bonds is 6. The highest BCUT2D eigenvalue weighted by atomic mass is 16.5. The molecule has 0 radical (unpaired) electrons. The van der Waals surface area contributed by atoms with Gasteiger partial charge in [0.25, 0.3) is 5.91 Å². The summed E-state index contributed by atoms with van der Waals surface area (Å²) < 4.78 is 16.7. The lowest BCUT2D eigenvalue weighted by Gasteiger charge is -2.35. The largest absolute Gasteiger partial charge is 0.490 e. The molecule has 0 spiro atoms. The third-order valence-corrected chi connectivity index (χ3v) is 5.43. The summed E-state index contributed by atoms with van der Waals surface area (Å²) in [6, 6.07) is 7.37.